The van der Waals surface area contributed by atoms with Gasteiger partial charge in [0.1, 0.15) is 5.75 Å². The second-order valence-corrected chi connectivity index (χ2v) is 16.0. The smallest absolute Gasteiger partial charge is 0.308 e. The Morgan fingerprint density at radius 2 is 1.55 bits per heavy atom. The van der Waals surface area contributed by atoms with Crippen molar-refractivity contribution in [3.05, 3.63) is 88.4 Å². The fourth-order valence-electron chi connectivity index (χ4n) is 6.53. The van der Waals surface area contributed by atoms with Gasteiger partial charge in [-0.3, -0.25) is 14.4 Å². The number of amides is 1. The van der Waals surface area contributed by atoms with E-state index < -0.39 is 17.8 Å². The molecule has 9 heteroatoms. The molecule has 8 nitrogen and oxygen atoms in total. The molecule has 0 aliphatic carbocycles. The molecule has 2 aromatic heterocycles. The number of nitrogens with zero attached hydrogens (tertiary/aromatic N) is 3. The number of aliphatic carboxylic acids is 1. The molecule has 0 spiro atoms. The maximum absolute atomic E-state index is 13.9. The monoisotopic (exact) mass is 709 g/mol. The summed E-state index contributed by atoms with van der Waals surface area (Å²) in [6.07, 6.45) is 10.1. The molecule has 0 radical (unpaired) electrons. The molecule has 270 valence electrons. The number of unbranched alkanes of at least 4 members (excludes halogenated alkanes) is 4. The number of hydrogen-bond donors (Lipinski definition) is 1. The number of rotatable bonds is 16. The van der Waals surface area contributed by atoms with Crippen molar-refractivity contribution >= 4 is 29.0 Å². The van der Waals surface area contributed by atoms with Gasteiger partial charge in [0.05, 0.1) is 17.4 Å². The SMILES string of the molecule is CCCCCCCOc1ccc(-c2cnc(-c3ccc(C[C@H](CC(=O)c4ccc(C(C)(C)C)s4)C(=O)N4CC(C)C(C(=O)O)C4)cc3)nc2)cc1. The molecule has 3 atom stereocenters. The third kappa shape index (κ3) is 10.1. The van der Waals surface area contributed by atoms with Crippen molar-refractivity contribution in [3.8, 4) is 28.3 Å². The van der Waals surface area contributed by atoms with Gasteiger partial charge in [-0.25, -0.2) is 9.97 Å². The molecule has 1 amide bonds. The van der Waals surface area contributed by atoms with Crippen LogP contribution < -0.4 is 4.74 Å². The molecule has 1 aliphatic heterocycles. The van der Waals surface area contributed by atoms with Crippen LogP contribution in [0.5, 0.6) is 5.75 Å². The highest BCUT2D eigenvalue weighted by atomic mass is 32.1. The number of carbonyl (C=O) groups excluding carboxylic acids is 2. The van der Waals surface area contributed by atoms with Gasteiger partial charge in [0, 0.05) is 53.8 Å². The van der Waals surface area contributed by atoms with E-state index in [1.54, 1.807) is 4.90 Å². The Balaban J connectivity index is 1.24. The molecule has 2 aromatic carbocycles. The lowest BCUT2D eigenvalue weighted by Gasteiger charge is -2.23. The molecule has 1 saturated heterocycles. The quantitative estimate of drug-likeness (QED) is 0.0913. The van der Waals surface area contributed by atoms with E-state index in [2.05, 4.69) is 37.7 Å². The van der Waals surface area contributed by atoms with E-state index in [0.717, 1.165) is 45.9 Å². The van der Waals surface area contributed by atoms with Crippen molar-refractivity contribution in [2.24, 2.45) is 17.8 Å². The van der Waals surface area contributed by atoms with Crippen LogP contribution in [-0.2, 0) is 21.4 Å². The molecule has 0 saturated carbocycles. The first-order valence-corrected chi connectivity index (χ1v) is 19.0. The van der Waals surface area contributed by atoms with Gasteiger partial charge in [0.2, 0.25) is 5.91 Å². The Hall–Kier alpha value is -4.37. The highest BCUT2D eigenvalue weighted by Crippen LogP contribution is 2.32. The van der Waals surface area contributed by atoms with Crippen LogP contribution in [0.2, 0.25) is 0 Å². The number of carboxylic acids is 1. The third-order valence-corrected chi connectivity index (χ3v) is 11.2. The predicted molar refractivity (Wildman–Crippen MR) is 203 cm³/mol. The molecule has 0 bridgehead atoms. The first-order valence-electron chi connectivity index (χ1n) is 18.2. The fourth-order valence-corrected chi connectivity index (χ4v) is 7.54. The van der Waals surface area contributed by atoms with Gasteiger partial charge < -0.3 is 14.7 Å². The van der Waals surface area contributed by atoms with Crippen LogP contribution in [0, 0.1) is 17.8 Å². The standard InChI is InChI=1S/C42H51N3O5S/c1-6-7-8-9-10-21-50-34-17-15-30(16-18-34)33-24-43-39(44-25-33)31-13-11-29(12-14-31)22-32(40(47)45-26-28(2)35(27-45)41(48)49)23-36(46)37-19-20-38(51-37)42(3,4)5/h11-20,24-25,28,32,35H,6-10,21-23,26-27H2,1-5H3,(H,48,49)/t28?,32-,35?/m1/s1. The average Bonchev–Trinajstić information content (AvgIpc) is 3.78. The van der Waals surface area contributed by atoms with Crippen LogP contribution in [0.4, 0.5) is 0 Å². The first kappa shape index (κ1) is 37.9. The summed E-state index contributed by atoms with van der Waals surface area (Å²) in [4.78, 5) is 51.9. The van der Waals surface area contributed by atoms with Crippen molar-refractivity contribution in [1.82, 2.24) is 14.9 Å². The van der Waals surface area contributed by atoms with Crippen LogP contribution >= 0.6 is 11.3 Å². The van der Waals surface area contributed by atoms with Gasteiger partial charge in [-0.15, -0.1) is 11.3 Å². The van der Waals surface area contributed by atoms with Crippen molar-refractivity contribution in [1.29, 1.82) is 0 Å². The minimum Gasteiger partial charge on any atom is -0.494 e. The topological polar surface area (TPSA) is 110 Å². The molecular weight excluding hydrogens is 659 g/mol. The van der Waals surface area contributed by atoms with Crippen LogP contribution in [0.3, 0.4) is 0 Å². The number of carbonyl (C=O) groups is 3. The third-order valence-electron chi connectivity index (χ3n) is 9.69. The highest BCUT2D eigenvalue weighted by Gasteiger charge is 2.39. The number of likely N-dealkylation sites (tertiary alicyclic amines) is 1. The number of aromatic nitrogens is 2. The number of hydrogen-bond acceptors (Lipinski definition) is 7. The number of carboxylic acid groups (broad SMARTS) is 1. The summed E-state index contributed by atoms with van der Waals surface area (Å²) in [6, 6.07) is 19.6. The fraction of sp³-hybridized carbons (Fsp3) is 0.452. The lowest BCUT2D eigenvalue weighted by atomic mass is 9.92. The van der Waals surface area contributed by atoms with Crippen molar-refractivity contribution < 1.29 is 24.2 Å². The highest BCUT2D eigenvalue weighted by molar-refractivity contribution is 7.14. The molecule has 1 N–H and O–H groups in total. The molecule has 4 aromatic rings. The average molecular weight is 710 g/mol. The van der Waals surface area contributed by atoms with Crippen molar-refractivity contribution in [2.45, 2.75) is 85.0 Å². The molecular formula is C42H51N3O5S. The van der Waals surface area contributed by atoms with Gasteiger partial charge in [0.15, 0.2) is 11.6 Å². The summed E-state index contributed by atoms with van der Waals surface area (Å²) in [5.74, 6) is -1.04. The summed E-state index contributed by atoms with van der Waals surface area (Å²) >= 11 is 1.48. The maximum Gasteiger partial charge on any atom is 0.308 e. The van der Waals surface area contributed by atoms with Gasteiger partial charge >= 0.3 is 5.97 Å². The van der Waals surface area contributed by atoms with Crippen molar-refractivity contribution in [3.63, 3.8) is 0 Å². The van der Waals surface area contributed by atoms with E-state index in [1.807, 2.05) is 80.0 Å². The maximum atomic E-state index is 13.9. The second kappa shape index (κ2) is 17.2. The number of thiophene rings is 1. The van der Waals surface area contributed by atoms with E-state index in [-0.39, 0.29) is 36.0 Å². The summed E-state index contributed by atoms with van der Waals surface area (Å²) in [5.41, 5.74) is 3.60. The Bertz CT molecular complexity index is 1760. The molecule has 1 aliphatic rings. The Labute approximate surface area is 306 Å². The van der Waals surface area contributed by atoms with Crippen LogP contribution in [0.1, 0.15) is 93.3 Å². The number of ether oxygens (including phenoxy) is 1. The van der Waals surface area contributed by atoms with E-state index in [1.165, 1.54) is 37.0 Å². The van der Waals surface area contributed by atoms with Gasteiger partial charge in [0.25, 0.3) is 0 Å². The zero-order valence-electron chi connectivity index (χ0n) is 30.6. The zero-order valence-corrected chi connectivity index (χ0v) is 31.4. The molecule has 3 heterocycles. The van der Waals surface area contributed by atoms with Gasteiger partial charge in [-0.2, -0.15) is 0 Å². The normalized spacial score (nSPS) is 16.6. The zero-order chi connectivity index (χ0) is 36.5. The Kier molecular flexibility index (Phi) is 12.8. The van der Waals surface area contributed by atoms with Gasteiger partial charge in [-0.1, -0.05) is 96.7 Å². The summed E-state index contributed by atoms with van der Waals surface area (Å²) < 4.78 is 5.90. The molecule has 1 fully saturated rings. The van der Waals surface area contributed by atoms with Gasteiger partial charge in [-0.05, 0) is 59.6 Å². The number of benzene rings is 2. The van der Waals surface area contributed by atoms with Crippen LogP contribution in [0.15, 0.2) is 73.1 Å². The van der Waals surface area contributed by atoms with Crippen LogP contribution in [0.25, 0.3) is 22.5 Å². The van der Waals surface area contributed by atoms with E-state index in [4.69, 9.17) is 4.74 Å². The number of ketones is 1. The van der Waals surface area contributed by atoms with E-state index in [9.17, 15) is 19.5 Å². The summed E-state index contributed by atoms with van der Waals surface area (Å²) in [7, 11) is 0. The first-order chi connectivity index (χ1) is 24.4. The predicted octanol–water partition coefficient (Wildman–Crippen LogP) is 9.13. The largest absolute Gasteiger partial charge is 0.494 e. The summed E-state index contributed by atoms with van der Waals surface area (Å²) in [6.45, 7) is 11.7. The molecule has 51 heavy (non-hydrogen) atoms. The molecule has 5 rings (SSSR count). The lowest BCUT2D eigenvalue weighted by molar-refractivity contribution is -0.142. The van der Waals surface area contributed by atoms with E-state index in [0.29, 0.717) is 23.7 Å². The van der Waals surface area contributed by atoms with Crippen molar-refractivity contribution in [2.75, 3.05) is 19.7 Å². The second-order valence-electron chi connectivity index (χ2n) is 14.9. The van der Waals surface area contributed by atoms with E-state index >= 15 is 0 Å². The summed E-state index contributed by atoms with van der Waals surface area (Å²) in [5, 5.41) is 9.67. The number of Topliss-reactive ketones (excluding diaryl/α,β-unsaturated/α-hetero) is 1. The minimum absolute atomic E-state index is 0.0595. The Morgan fingerprint density at radius 3 is 2.16 bits per heavy atom. The van der Waals surface area contributed by atoms with Crippen LogP contribution in [-0.4, -0.2) is 57.3 Å². The lowest BCUT2D eigenvalue weighted by Crippen LogP contribution is -2.37. The minimum atomic E-state index is -0.893. The Morgan fingerprint density at radius 1 is 0.882 bits per heavy atom. The molecule has 2 unspecified atom stereocenters.